The lowest BCUT2D eigenvalue weighted by Gasteiger charge is -2.13. The number of aryl methyl sites for hydroxylation is 1. The van der Waals surface area contributed by atoms with E-state index < -0.39 is 5.97 Å². The van der Waals surface area contributed by atoms with Gasteiger partial charge in [0.2, 0.25) is 0 Å². The van der Waals surface area contributed by atoms with Crippen molar-refractivity contribution in [3.8, 4) is 0 Å². The Hall–Kier alpha value is -1.02. The van der Waals surface area contributed by atoms with Crippen molar-refractivity contribution in [2.24, 2.45) is 0 Å². The molecule has 0 amide bonds. The maximum atomic E-state index is 10.7. The average Bonchev–Trinajstić information content (AvgIpc) is 2.18. The standard InChI is InChI=1S/C12H15ClO2/c1-3-9(7-12(14)15)10-4-5-11(13)8(2)6-10/h4-6,9H,3,7H2,1-2H3,(H,14,15). The Morgan fingerprint density at radius 2 is 2.20 bits per heavy atom. The van der Waals surface area contributed by atoms with Crippen LogP contribution in [0.2, 0.25) is 5.02 Å². The third kappa shape index (κ3) is 3.24. The van der Waals surface area contributed by atoms with E-state index in [1.165, 1.54) is 0 Å². The summed E-state index contributed by atoms with van der Waals surface area (Å²) in [4.78, 5) is 10.7. The van der Waals surface area contributed by atoms with Crippen molar-refractivity contribution in [3.05, 3.63) is 34.3 Å². The maximum Gasteiger partial charge on any atom is 0.303 e. The molecule has 2 nitrogen and oxygen atoms in total. The van der Waals surface area contributed by atoms with Gasteiger partial charge in [-0.05, 0) is 36.5 Å². The second-order valence-electron chi connectivity index (χ2n) is 3.71. The zero-order valence-electron chi connectivity index (χ0n) is 8.96. The van der Waals surface area contributed by atoms with Crippen molar-refractivity contribution in [2.75, 3.05) is 0 Å². The predicted molar refractivity (Wildman–Crippen MR) is 61.5 cm³/mol. The van der Waals surface area contributed by atoms with Gasteiger partial charge in [-0.25, -0.2) is 0 Å². The van der Waals surface area contributed by atoms with E-state index in [-0.39, 0.29) is 12.3 Å². The molecular formula is C12H15ClO2. The van der Waals surface area contributed by atoms with Gasteiger partial charge in [0.15, 0.2) is 0 Å². The van der Waals surface area contributed by atoms with Crippen LogP contribution < -0.4 is 0 Å². The van der Waals surface area contributed by atoms with E-state index in [9.17, 15) is 4.79 Å². The smallest absolute Gasteiger partial charge is 0.303 e. The van der Waals surface area contributed by atoms with Crippen LogP contribution in [0.1, 0.15) is 36.8 Å². The zero-order chi connectivity index (χ0) is 11.4. The number of benzene rings is 1. The first-order chi connectivity index (χ1) is 7.04. The highest BCUT2D eigenvalue weighted by molar-refractivity contribution is 6.31. The molecule has 82 valence electrons. The lowest BCUT2D eigenvalue weighted by molar-refractivity contribution is -0.137. The maximum absolute atomic E-state index is 10.7. The highest BCUT2D eigenvalue weighted by Gasteiger charge is 2.13. The van der Waals surface area contributed by atoms with Gasteiger partial charge in [-0.1, -0.05) is 30.7 Å². The molecule has 0 aliphatic heterocycles. The summed E-state index contributed by atoms with van der Waals surface area (Å²) in [7, 11) is 0. The molecule has 0 fully saturated rings. The van der Waals surface area contributed by atoms with Crippen molar-refractivity contribution in [3.63, 3.8) is 0 Å². The number of carbonyl (C=O) groups is 1. The third-order valence-electron chi connectivity index (χ3n) is 2.57. The number of rotatable bonds is 4. The lowest BCUT2D eigenvalue weighted by atomic mass is 9.92. The Morgan fingerprint density at radius 1 is 1.53 bits per heavy atom. The molecule has 0 saturated heterocycles. The van der Waals surface area contributed by atoms with Crippen LogP contribution in [0.25, 0.3) is 0 Å². The quantitative estimate of drug-likeness (QED) is 0.852. The Balaban J connectivity index is 2.92. The van der Waals surface area contributed by atoms with Crippen molar-refractivity contribution in [2.45, 2.75) is 32.6 Å². The molecular weight excluding hydrogens is 212 g/mol. The van der Waals surface area contributed by atoms with Crippen molar-refractivity contribution in [1.29, 1.82) is 0 Å². The fraction of sp³-hybridized carbons (Fsp3) is 0.417. The predicted octanol–water partition coefficient (Wildman–Crippen LogP) is 3.62. The summed E-state index contributed by atoms with van der Waals surface area (Å²) < 4.78 is 0. The summed E-state index contributed by atoms with van der Waals surface area (Å²) in [6.07, 6.45) is 1.00. The highest BCUT2D eigenvalue weighted by Crippen LogP contribution is 2.26. The fourth-order valence-corrected chi connectivity index (χ4v) is 1.75. The number of halogens is 1. The molecule has 0 heterocycles. The lowest BCUT2D eigenvalue weighted by Crippen LogP contribution is -2.05. The largest absolute Gasteiger partial charge is 0.481 e. The number of carboxylic acids is 1. The van der Waals surface area contributed by atoms with Crippen LogP contribution in [0.5, 0.6) is 0 Å². The molecule has 3 heteroatoms. The van der Waals surface area contributed by atoms with E-state index in [4.69, 9.17) is 16.7 Å². The van der Waals surface area contributed by atoms with Gasteiger partial charge in [-0.15, -0.1) is 0 Å². The first kappa shape index (κ1) is 12.1. The van der Waals surface area contributed by atoms with Gasteiger partial charge in [0.1, 0.15) is 0 Å². The second kappa shape index (κ2) is 5.17. The van der Waals surface area contributed by atoms with E-state index in [1.807, 2.05) is 32.0 Å². The van der Waals surface area contributed by atoms with Crippen LogP contribution in [0.15, 0.2) is 18.2 Å². The van der Waals surface area contributed by atoms with Crippen LogP contribution >= 0.6 is 11.6 Å². The number of carboxylic acid groups (broad SMARTS) is 1. The Kier molecular flexibility index (Phi) is 4.15. The first-order valence-electron chi connectivity index (χ1n) is 5.02. The number of hydrogen-bond acceptors (Lipinski definition) is 1. The number of hydrogen-bond donors (Lipinski definition) is 1. The van der Waals surface area contributed by atoms with E-state index in [0.29, 0.717) is 0 Å². The summed E-state index contributed by atoms with van der Waals surface area (Å²) in [5.41, 5.74) is 2.06. The van der Waals surface area contributed by atoms with Crippen LogP contribution in [0.4, 0.5) is 0 Å². The average molecular weight is 227 g/mol. The molecule has 0 bridgehead atoms. The summed E-state index contributed by atoms with van der Waals surface area (Å²) in [5.74, 6) is -0.673. The van der Waals surface area contributed by atoms with E-state index >= 15 is 0 Å². The van der Waals surface area contributed by atoms with Gasteiger partial charge < -0.3 is 5.11 Å². The van der Waals surface area contributed by atoms with Crippen LogP contribution in [0.3, 0.4) is 0 Å². The zero-order valence-corrected chi connectivity index (χ0v) is 9.71. The summed E-state index contributed by atoms with van der Waals surface area (Å²) in [6.45, 7) is 3.93. The molecule has 1 aromatic carbocycles. The van der Waals surface area contributed by atoms with Gasteiger partial charge in [-0.2, -0.15) is 0 Å². The Labute approximate surface area is 94.9 Å². The Bertz CT molecular complexity index is 361. The molecule has 1 atom stereocenters. The van der Waals surface area contributed by atoms with Crippen molar-refractivity contribution < 1.29 is 9.90 Å². The fourth-order valence-electron chi connectivity index (χ4n) is 1.63. The normalized spacial score (nSPS) is 12.5. The SMILES string of the molecule is CCC(CC(=O)O)c1ccc(Cl)c(C)c1. The highest BCUT2D eigenvalue weighted by atomic mass is 35.5. The summed E-state index contributed by atoms with van der Waals surface area (Å²) >= 11 is 5.92. The molecule has 1 N–H and O–H groups in total. The molecule has 0 spiro atoms. The molecule has 1 rings (SSSR count). The van der Waals surface area contributed by atoms with Gasteiger partial charge in [0, 0.05) is 5.02 Å². The van der Waals surface area contributed by atoms with Gasteiger partial charge in [0.05, 0.1) is 6.42 Å². The third-order valence-corrected chi connectivity index (χ3v) is 2.99. The molecule has 1 unspecified atom stereocenters. The van der Waals surface area contributed by atoms with Crippen LogP contribution in [-0.4, -0.2) is 11.1 Å². The summed E-state index contributed by atoms with van der Waals surface area (Å²) in [6, 6.07) is 5.71. The van der Waals surface area contributed by atoms with Gasteiger partial charge in [0.25, 0.3) is 0 Å². The molecule has 0 aliphatic rings. The minimum absolute atomic E-state index is 0.0819. The van der Waals surface area contributed by atoms with E-state index in [2.05, 4.69) is 0 Å². The first-order valence-corrected chi connectivity index (χ1v) is 5.40. The van der Waals surface area contributed by atoms with Crippen LogP contribution in [0, 0.1) is 6.92 Å². The monoisotopic (exact) mass is 226 g/mol. The minimum atomic E-state index is -0.755. The topological polar surface area (TPSA) is 37.3 Å². The molecule has 0 radical (unpaired) electrons. The summed E-state index contributed by atoms with van der Waals surface area (Å²) in [5, 5.41) is 9.50. The molecule has 15 heavy (non-hydrogen) atoms. The van der Waals surface area contributed by atoms with Crippen molar-refractivity contribution >= 4 is 17.6 Å². The van der Waals surface area contributed by atoms with Gasteiger partial charge in [-0.3, -0.25) is 4.79 Å². The molecule has 0 saturated carbocycles. The minimum Gasteiger partial charge on any atom is -0.481 e. The van der Waals surface area contributed by atoms with E-state index in [1.54, 1.807) is 0 Å². The Morgan fingerprint density at radius 3 is 2.67 bits per heavy atom. The van der Waals surface area contributed by atoms with Crippen LogP contribution in [-0.2, 0) is 4.79 Å². The molecule has 0 aromatic heterocycles. The van der Waals surface area contributed by atoms with Crippen molar-refractivity contribution in [1.82, 2.24) is 0 Å². The number of aliphatic carboxylic acids is 1. The second-order valence-corrected chi connectivity index (χ2v) is 4.12. The van der Waals surface area contributed by atoms with E-state index in [0.717, 1.165) is 22.6 Å². The molecule has 0 aliphatic carbocycles. The van der Waals surface area contributed by atoms with Gasteiger partial charge >= 0.3 is 5.97 Å². The molecule has 1 aromatic rings.